The first-order valence-electron chi connectivity index (χ1n) is 5.23. The molecule has 0 spiro atoms. The van der Waals surface area contributed by atoms with Gasteiger partial charge in [0.2, 0.25) is 11.6 Å². The van der Waals surface area contributed by atoms with Gasteiger partial charge in [0.15, 0.2) is 29.8 Å². The van der Waals surface area contributed by atoms with Crippen molar-refractivity contribution >= 4 is 17.6 Å². The maximum Gasteiger partial charge on any atom is 0.357 e. The van der Waals surface area contributed by atoms with Crippen LogP contribution in [-0.2, 0) is 6.73 Å². The van der Waals surface area contributed by atoms with Crippen molar-refractivity contribution in [2.75, 3.05) is 0 Å². The molecule has 0 amide bonds. The van der Waals surface area contributed by atoms with Gasteiger partial charge >= 0.3 is 5.97 Å². The average Bonchev–Trinajstić information content (AvgIpc) is 2.78. The Hall–Kier alpha value is -2.29. The van der Waals surface area contributed by atoms with Gasteiger partial charge in [-0.25, -0.2) is 18.3 Å². The summed E-state index contributed by atoms with van der Waals surface area (Å²) >= 11 is 5.55. The van der Waals surface area contributed by atoms with E-state index in [0.717, 1.165) is 10.9 Å². The molecule has 112 valence electrons. The minimum Gasteiger partial charge on any atom is -0.476 e. The van der Waals surface area contributed by atoms with Crippen LogP contribution in [0.4, 0.5) is 17.6 Å². The minimum atomic E-state index is -1.72. The lowest BCUT2D eigenvalue weighted by Crippen LogP contribution is -2.10. The Morgan fingerprint density at radius 3 is 2.33 bits per heavy atom. The molecule has 0 aliphatic carbocycles. The van der Waals surface area contributed by atoms with Gasteiger partial charge in [0.1, 0.15) is 0 Å². The molecule has 5 nitrogen and oxygen atoms in total. The monoisotopic (exact) mass is 324 g/mol. The molecule has 1 heterocycles. The van der Waals surface area contributed by atoms with E-state index in [2.05, 4.69) is 9.84 Å². The van der Waals surface area contributed by atoms with Gasteiger partial charge in [0.25, 0.3) is 0 Å². The number of aromatic carboxylic acids is 1. The topological polar surface area (TPSA) is 64.3 Å². The molecule has 0 saturated heterocycles. The molecule has 0 aliphatic heterocycles. The predicted molar refractivity (Wildman–Crippen MR) is 61.1 cm³/mol. The van der Waals surface area contributed by atoms with Crippen molar-refractivity contribution in [1.29, 1.82) is 0 Å². The smallest absolute Gasteiger partial charge is 0.357 e. The molecule has 0 bridgehead atoms. The number of rotatable bonds is 4. The first-order valence-corrected chi connectivity index (χ1v) is 5.61. The number of carbonyl (C=O) groups is 1. The van der Waals surface area contributed by atoms with E-state index >= 15 is 0 Å². The highest BCUT2D eigenvalue weighted by Gasteiger charge is 2.21. The predicted octanol–water partition coefficient (Wildman–Crippen LogP) is 2.83. The average molecular weight is 325 g/mol. The van der Waals surface area contributed by atoms with Crippen molar-refractivity contribution in [2.45, 2.75) is 6.73 Å². The van der Waals surface area contributed by atoms with E-state index in [4.69, 9.17) is 16.7 Å². The van der Waals surface area contributed by atoms with Crippen molar-refractivity contribution in [3.05, 3.63) is 46.2 Å². The van der Waals surface area contributed by atoms with Crippen LogP contribution >= 0.6 is 11.6 Å². The number of carboxylic acids is 1. The van der Waals surface area contributed by atoms with Gasteiger partial charge in [-0.2, -0.15) is 13.9 Å². The lowest BCUT2D eigenvalue weighted by Gasteiger charge is -2.09. The number of carboxylic acid groups (broad SMARTS) is 1. The second-order valence-corrected chi connectivity index (χ2v) is 4.15. The Bertz CT molecular complexity index is 694. The van der Waals surface area contributed by atoms with Gasteiger partial charge in [-0.1, -0.05) is 11.6 Å². The van der Waals surface area contributed by atoms with Gasteiger partial charge in [0.05, 0.1) is 5.02 Å². The number of nitrogens with zero attached hydrogens (tertiary/aromatic N) is 2. The summed E-state index contributed by atoms with van der Waals surface area (Å²) in [5.74, 6) is -9.40. The molecule has 0 saturated carbocycles. The number of aromatic nitrogens is 2. The van der Waals surface area contributed by atoms with E-state index < -0.39 is 47.4 Å². The van der Waals surface area contributed by atoms with Gasteiger partial charge < -0.3 is 9.84 Å². The zero-order valence-electron chi connectivity index (χ0n) is 9.91. The molecule has 1 N–H and O–H groups in total. The van der Waals surface area contributed by atoms with E-state index in [-0.39, 0.29) is 11.1 Å². The van der Waals surface area contributed by atoms with Crippen molar-refractivity contribution in [3.63, 3.8) is 0 Å². The highest BCUT2D eigenvalue weighted by molar-refractivity contribution is 6.33. The molecular formula is C11H5ClF4N2O3. The molecule has 0 atom stereocenters. The van der Waals surface area contributed by atoms with Crippen LogP contribution in [0, 0.1) is 23.3 Å². The minimum absolute atomic E-state index is 0.0326. The molecule has 1 aromatic heterocycles. The fourth-order valence-corrected chi connectivity index (χ4v) is 1.65. The summed E-state index contributed by atoms with van der Waals surface area (Å²) in [7, 11) is 0. The van der Waals surface area contributed by atoms with Gasteiger partial charge in [-0.05, 0) is 0 Å². The summed E-state index contributed by atoms with van der Waals surface area (Å²) in [5, 5.41) is 11.9. The van der Waals surface area contributed by atoms with Crippen LogP contribution in [-0.4, -0.2) is 20.9 Å². The maximum atomic E-state index is 13.3. The van der Waals surface area contributed by atoms with E-state index in [0.29, 0.717) is 0 Å². The van der Waals surface area contributed by atoms with Crippen molar-refractivity contribution < 1.29 is 32.2 Å². The van der Waals surface area contributed by atoms with E-state index in [1.807, 2.05) is 0 Å². The second-order valence-electron chi connectivity index (χ2n) is 3.74. The van der Waals surface area contributed by atoms with E-state index in [1.165, 1.54) is 0 Å². The number of ether oxygens (including phenoxy) is 1. The summed E-state index contributed by atoms with van der Waals surface area (Å²) in [6, 6.07) is 0.0326. The first-order chi connectivity index (χ1) is 9.81. The third kappa shape index (κ3) is 2.92. The summed E-state index contributed by atoms with van der Waals surface area (Å²) in [6.07, 6.45) is 1.01. The summed E-state index contributed by atoms with van der Waals surface area (Å²) in [6.45, 7) is -0.705. The molecule has 1 aromatic carbocycles. The largest absolute Gasteiger partial charge is 0.476 e. The molecule has 21 heavy (non-hydrogen) atoms. The van der Waals surface area contributed by atoms with Crippen molar-refractivity contribution in [3.8, 4) is 5.75 Å². The van der Waals surface area contributed by atoms with Gasteiger partial charge in [0, 0.05) is 12.3 Å². The molecule has 2 rings (SSSR count). The second kappa shape index (κ2) is 5.60. The Morgan fingerprint density at radius 2 is 1.86 bits per heavy atom. The quantitative estimate of drug-likeness (QED) is 0.694. The highest BCUT2D eigenvalue weighted by atomic mass is 35.5. The zero-order chi connectivity index (χ0) is 15.7. The van der Waals surface area contributed by atoms with Crippen LogP contribution < -0.4 is 4.74 Å². The molecule has 10 heteroatoms. The molecule has 0 fully saturated rings. The SMILES string of the molecule is O=C(O)c1nn(COc2c(F)c(F)cc(F)c2F)cc1Cl. The Balaban J connectivity index is 2.25. The third-order valence-electron chi connectivity index (χ3n) is 2.33. The van der Waals surface area contributed by atoms with Crippen LogP contribution in [0.1, 0.15) is 10.5 Å². The van der Waals surface area contributed by atoms with Crippen LogP contribution in [0.3, 0.4) is 0 Å². The van der Waals surface area contributed by atoms with Crippen LogP contribution in [0.5, 0.6) is 5.75 Å². The van der Waals surface area contributed by atoms with Crippen molar-refractivity contribution in [1.82, 2.24) is 9.78 Å². The first kappa shape index (κ1) is 15.1. The maximum absolute atomic E-state index is 13.3. The fourth-order valence-electron chi connectivity index (χ4n) is 1.42. The molecule has 0 aliphatic rings. The zero-order valence-corrected chi connectivity index (χ0v) is 10.7. The normalized spacial score (nSPS) is 10.7. The van der Waals surface area contributed by atoms with Crippen LogP contribution in [0.25, 0.3) is 0 Å². The van der Waals surface area contributed by atoms with Crippen LogP contribution in [0.2, 0.25) is 5.02 Å². The Labute approximate surface area is 119 Å². The Morgan fingerprint density at radius 1 is 1.29 bits per heavy atom. The third-order valence-corrected chi connectivity index (χ3v) is 2.61. The standard InChI is InChI=1S/C11H5ClF4N2O3/c12-4-2-18(17-9(4)11(19)20)3-21-10-7(15)5(13)1-6(14)8(10)16/h1-2H,3H2,(H,19,20). The van der Waals surface area contributed by atoms with Crippen LogP contribution in [0.15, 0.2) is 12.3 Å². The fraction of sp³-hybridized carbons (Fsp3) is 0.0909. The van der Waals surface area contributed by atoms with E-state index in [9.17, 15) is 22.4 Å². The summed E-state index contributed by atoms with van der Waals surface area (Å²) < 4.78 is 57.9. The summed E-state index contributed by atoms with van der Waals surface area (Å²) in [5.41, 5.74) is -0.508. The van der Waals surface area contributed by atoms with Gasteiger partial charge in [-0.3, -0.25) is 0 Å². The molecule has 0 unspecified atom stereocenters. The summed E-state index contributed by atoms with van der Waals surface area (Å²) in [4.78, 5) is 10.7. The number of benzene rings is 1. The van der Waals surface area contributed by atoms with E-state index in [1.54, 1.807) is 0 Å². The number of halogens is 5. The molecule has 2 aromatic rings. The van der Waals surface area contributed by atoms with Gasteiger partial charge in [-0.15, -0.1) is 0 Å². The number of hydrogen-bond donors (Lipinski definition) is 1. The number of hydrogen-bond acceptors (Lipinski definition) is 3. The molecular weight excluding hydrogens is 320 g/mol. The van der Waals surface area contributed by atoms with Crippen molar-refractivity contribution in [2.24, 2.45) is 0 Å². The lowest BCUT2D eigenvalue weighted by atomic mass is 10.3. The Kier molecular flexibility index (Phi) is 4.03. The molecule has 0 radical (unpaired) electrons. The lowest BCUT2D eigenvalue weighted by molar-refractivity contribution is 0.0688. The highest BCUT2D eigenvalue weighted by Crippen LogP contribution is 2.26.